The zero-order valence-electron chi connectivity index (χ0n) is 8.68. The fourth-order valence-corrected chi connectivity index (χ4v) is 1.22. The summed E-state index contributed by atoms with van der Waals surface area (Å²) >= 11 is 5.57. The van der Waals surface area contributed by atoms with Crippen LogP contribution in [0.3, 0.4) is 0 Å². The van der Waals surface area contributed by atoms with Crippen molar-refractivity contribution in [3.05, 3.63) is 23.0 Å². The van der Waals surface area contributed by atoms with Gasteiger partial charge in [0.25, 0.3) is 0 Å². The van der Waals surface area contributed by atoms with Gasteiger partial charge in [-0.05, 0) is 13.0 Å². The summed E-state index contributed by atoms with van der Waals surface area (Å²) in [4.78, 5) is 0. The molecule has 0 saturated carbocycles. The van der Waals surface area contributed by atoms with E-state index in [1.807, 2.05) is 6.92 Å². The Balaban J connectivity index is 2.73. The molecule has 1 aromatic carbocycles. The van der Waals surface area contributed by atoms with Gasteiger partial charge in [0.15, 0.2) is 0 Å². The van der Waals surface area contributed by atoms with Gasteiger partial charge in [-0.25, -0.2) is 4.39 Å². The molecule has 0 aromatic heterocycles. The number of nitrogens with one attached hydrogen (secondary N) is 1. The zero-order valence-corrected chi connectivity index (χ0v) is 9.44. The highest BCUT2D eigenvalue weighted by atomic mass is 35.5. The van der Waals surface area contributed by atoms with E-state index in [1.54, 1.807) is 7.11 Å². The molecule has 5 heteroatoms. The first-order valence-corrected chi connectivity index (χ1v) is 4.93. The number of nitrogen functional groups attached to an aromatic ring is 1. The predicted molar refractivity (Wildman–Crippen MR) is 60.8 cm³/mol. The van der Waals surface area contributed by atoms with Crippen LogP contribution in [0.4, 0.5) is 15.8 Å². The van der Waals surface area contributed by atoms with Crippen molar-refractivity contribution in [3.8, 4) is 0 Å². The first kappa shape index (κ1) is 12.1. The second-order valence-corrected chi connectivity index (χ2v) is 3.69. The second kappa shape index (κ2) is 5.19. The van der Waals surface area contributed by atoms with Crippen molar-refractivity contribution >= 4 is 23.0 Å². The minimum absolute atomic E-state index is 0.0258. The van der Waals surface area contributed by atoms with E-state index in [0.29, 0.717) is 17.9 Å². The van der Waals surface area contributed by atoms with Gasteiger partial charge < -0.3 is 15.8 Å². The van der Waals surface area contributed by atoms with E-state index in [1.165, 1.54) is 12.1 Å². The van der Waals surface area contributed by atoms with Crippen molar-refractivity contribution in [1.29, 1.82) is 0 Å². The summed E-state index contributed by atoms with van der Waals surface area (Å²) in [6, 6.07) is 2.66. The lowest BCUT2D eigenvalue weighted by molar-refractivity contribution is 0.129. The van der Waals surface area contributed by atoms with E-state index in [9.17, 15) is 4.39 Å². The number of nitrogens with two attached hydrogens (primary N) is 1. The number of ether oxygens (including phenoxy) is 1. The molecule has 0 aliphatic carbocycles. The summed E-state index contributed by atoms with van der Waals surface area (Å²) in [6.07, 6.45) is 0.0307. The normalized spacial score (nSPS) is 12.5. The molecule has 1 rings (SSSR count). The molecule has 0 bridgehead atoms. The Labute approximate surface area is 93.4 Å². The molecule has 1 atom stereocenters. The third-order valence-electron chi connectivity index (χ3n) is 2.07. The summed E-state index contributed by atoms with van der Waals surface area (Å²) in [5, 5.41) is 3.01. The fraction of sp³-hybridized carbons (Fsp3) is 0.400. The van der Waals surface area contributed by atoms with Crippen molar-refractivity contribution < 1.29 is 9.13 Å². The highest BCUT2D eigenvalue weighted by Gasteiger charge is 2.07. The van der Waals surface area contributed by atoms with Gasteiger partial charge in [0.2, 0.25) is 0 Å². The molecule has 0 saturated heterocycles. The largest absolute Gasteiger partial charge is 0.397 e. The Morgan fingerprint density at radius 3 is 2.87 bits per heavy atom. The first-order valence-electron chi connectivity index (χ1n) is 4.55. The van der Waals surface area contributed by atoms with Crippen LogP contribution in [0.1, 0.15) is 6.92 Å². The molecule has 0 amide bonds. The van der Waals surface area contributed by atoms with Gasteiger partial charge >= 0.3 is 0 Å². The summed E-state index contributed by atoms with van der Waals surface area (Å²) < 4.78 is 18.1. The molecule has 0 aliphatic rings. The van der Waals surface area contributed by atoms with Gasteiger partial charge in [-0.2, -0.15) is 0 Å². The molecule has 15 heavy (non-hydrogen) atoms. The molecule has 0 radical (unpaired) electrons. The van der Waals surface area contributed by atoms with Gasteiger partial charge in [-0.3, -0.25) is 0 Å². The Morgan fingerprint density at radius 1 is 1.60 bits per heavy atom. The summed E-state index contributed by atoms with van der Waals surface area (Å²) in [5.41, 5.74) is 6.61. The van der Waals surface area contributed by atoms with Gasteiger partial charge in [0.05, 0.1) is 22.5 Å². The van der Waals surface area contributed by atoms with Gasteiger partial charge in [-0.1, -0.05) is 11.6 Å². The van der Waals surface area contributed by atoms with E-state index in [-0.39, 0.29) is 11.1 Å². The Morgan fingerprint density at radius 2 is 2.27 bits per heavy atom. The summed E-state index contributed by atoms with van der Waals surface area (Å²) in [6.45, 7) is 2.46. The molecule has 0 heterocycles. The quantitative estimate of drug-likeness (QED) is 0.785. The standard InChI is InChI=1S/C10H14ClFN2O/c1-6(15-2)5-14-10-4-8(12)7(11)3-9(10)13/h3-4,6,14H,5,13H2,1-2H3. The number of methoxy groups -OCH3 is 1. The van der Waals surface area contributed by atoms with Crippen LogP contribution in [0.15, 0.2) is 12.1 Å². The van der Waals surface area contributed by atoms with Crippen LogP contribution in [0.2, 0.25) is 5.02 Å². The molecular weight excluding hydrogens is 219 g/mol. The zero-order chi connectivity index (χ0) is 11.4. The second-order valence-electron chi connectivity index (χ2n) is 3.28. The highest BCUT2D eigenvalue weighted by molar-refractivity contribution is 6.31. The van der Waals surface area contributed by atoms with Crippen molar-refractivity contribution in [3.63, 3.8) is 0 Å². The van der Waals surface area contributed by atoms with Crippen molar-refractivity contribution in [1.82, 2.24) is 0 Å². The average molecular weight is 233 g/mol. The number of anilines is 2. The number of rotatable bonds is 4. The molecule has 0 spiro atoms. The van der Waals surface area contributed by atoms with Crippen molar-refractivity contribution in [2.24, 2.45) is 0 Å². The van der Waals surface area contributed by atoms with E-state index in [4.69, 9.17) is 22.1 Å². The van der Waals surface area contributed by atoms with Gasteiger partial charge in [0, 0.05) is 19.7 Å². The van der Waals surface area contributed by atoms with E-state index < -0.39 is 5.82 Å². The summed E-state index contributed by atoms with van der Waals surface area (Å²) in [5.74, 6) is -0.488. The number of hydrogen-bond donors (Lipinski definition) is 2. The van der Waals surface area contributed by atoms with Crippen LogP contribution in [0.5, 0.6) is 0 Å². The number of hydrogen-bond acceptors (Lipinski definition) is 3. The molecule has 1 aromatic rings. The lowest BCUT2D eigenvalue weighted by Gasteiger charge is -2.13. The molecule has 0 fully saturated rings. The maximum Gasteiger partial charge on any atom is 0.143 e. The third-order valence-corrected chi connectivity index (χ3v) is 2.36. The SMILES string of the molecule is COC(C)CNc1cc(F)c(Cl)cc1N. The molecular formula is C10H14ClFN2O. The maximum atomic E-state index is 13.1. The first-order chi connectivity index (χ1) is 7.04. The molecule has 3 nitrogen and oxygen atoms in total. The van der Waals surface area contributed by atoms with Crippen LogP contribution in [-0.4, -0.2) is 19.8 Å². The van der Waals surface area contributed by atoms with Crippen molar-refractivity contribution in [2.45, 2.75) is 13.0 Å². The van der Waals surface area contributed by atoms with Gasteiger partial charge in [0.1, 0.15) is 5.82 Å². The Bertz CT molecular complexity index is 346. The monoisotopic (exact) mass is 232 g/mol. The lowest BCUT2D eigenvalue weighted by Crippen LogP contribution is -2.18. The third kappa shape index (κ3) is 3.25. The lowest BCUT2D eigenvalue weighted by atomic mass is 10.2. The summed E-state index contributed by atoms with van der Waals surface area (Å²) in [7, 11) is 1.61. The van der Waals surface area contributed by atoms with E-state index in [2.05, 4.69) is 5.32 Å². The van der Waals surface area contributed by atoms with E-state index in [0.717, 1.165) is 0 Å². The van der Waals surface area contributed by atoms with Gasteiger partial charge in [-0.15, -0.1) is 0 Å². The molecule has 1 unspecified atom stereocenters. The number of benzene rings is 1. The predicted octanol–water partition coefficient (Wildman–Crippen LogP) is 2.51. The molecule has 3 N–H and O–H groups in total. The topological polar surface area (TPSA) is 47.3 Å². The van der Waals surface area contributed by atoms with Crippen LogP contribution in [0, 0.1) is 5.82 Å². The van der Waals surface area contributed by atoms with E-state index >= 15 is 0 Å². The fourth-order valence-electron chi connectivity index (χ4n) is 1.05. The number of halogens is 2. The van der Waals surface area contributed by atoms with Crippen LogP contribution >= 0.6 is 11.6 Å². The average Bonchev–Trinajstić information content (AvgIpc) is 2.21. The maximum absolute atomic E-state index is 13.1. The van der Waals surface area contributed by atoms with Crippen LogP contribution in [0.25, 0.3) is 0 Å². The molecule has 84 valence electrons. The van der Waals surface area contributed by atoms with Crippen LogP contribution in [-0.2, 0) is 4.74 Å². The smallest absolute Gasteiger partial charge is 0.143 e. The highest BCUT2D eigenvalue weighted by Crippen LogP contribution is 2.25. The minimum Gasteiger partial charge on any atom is -0.397 e. The van der Waals surface area contributed by atoms with Crippen molar-refractivity contribution in [2.75, 3.05) is 24.7 Å². The Kier molecular flexibility index (Phi) is 4.17. The Hall–Kier alpha value is -1.00. The van der Waals surface area contributed by atoms with Crippen LogP contribution < -0.4 is 11.1 Å². The molecule has 0 aliphatic heterocycles. The minimum atomic E-state index is -0.488.